The zero-order valence-corrected chi connectivity index (χ0v) is 10.0. The Morgan fingerprint density at radius 1 is 1.07 bits per heavy atom. The monoisotopic (exact) mass is 209 g/mol. The third kappa shape index (κ3) is 2.23. The van der Waals surface area contributed by atoms with Crippen LogP contribution in [0.25, 0.3) is 0 Å². The summed E-state index contributed by atoms with van der Waals surface area (Å²) in [6.07, 6.45) is 0. The molecule has 0 fully saturated rings. The molecule has 0 radical (unpaired) electrons. The molecule has 1 aromatic carbocycles. The number of methoxy groups -OCH3 is 2. The third-order valence-electron chi connectivity index (χ3n) is 2.46. The van der Waals surface area contributed by atoms with Gasteiger partial charge in [0.2, 0.25) is 0 Å². The van der Waals surface area contributed by atoms with Crippen molar-refractivity contribution in [2.45, 2.75) is 26.3 Å². The molecule has 15 heavy (non-hydrogen) atoms. The Morgan fingerprint density at radius 2 is 1.53 bits per heavy atom. The van der Waals surface area contributed by atoms with Crippen molar-refractivity contribution in [1.29, 1.82) is 0 Å². The Hall–Kier alpha value is -1.22. The van der Waals surface area contributed by atoms with Crippen molar-refractivity contribution in [1.82, 2.24) is 0 Å². The number of hydrogen-bond donors (Lipinski definition) is 1. The van der Waals surface area contributed by atoms with Crippen LogP contribution >= 0.6 is 0 Å². The zero-order chi connectivity index (χ0) is 11.6. The van der Waals surface area contributed by atoms with Crippen molar-refractivity contribution in [3.05, 3.63) is 23.3 Å². The molecule has 0 saturated carbocycles. The maximum absolute atomic E-state index is 6.12. The zero-order valence-electron chi connectivity index (χ0n) is 10.0. The van der Waals surface area contributed by atoms with Crippen LogP contribution in [0, 0.1) is 6.92 Å². The topological polar surface area (TPSA) is 44.5 Å². The number of ether oxygens (including phenoxy) is 2. The third-order valence-corrected chi connectivity index (χ3v) is 2.46. The van der Waals surface area contributed by atoms with Crippen molar-refractivity contribution in [3.63, 3.8) is 0 Å². The first kappa shape index (κ1) is 11.9. The molecule has 0 atom stereocenters. The van der Waals surface area contributed by atoms with E-state index < -0.39 is 5.54 Å². The largest absolute Gasteiger partial charge is 0.496 e. The minimum absolute atomic E-state index is 0.441. The Labute approximate surface area is 91.2 Å². The molecule has 0 aliphatic heterocycles. The summed E-state index contributed by atoms with van der Waals surface area (Å²) in [4.78, 5) is 0. The van der Waals surface area contributed by atoms with Gasteiger partial charge in [-0.3, -0.25) is 0 Å². The Bertz CT molecular complexity index is 353. The molecule has 0 saturated heterocycles. The van der Waals surface area contributed by atoms with E-state index in [4.69, 9.17) is 15.2 Å². The highest BCUT2D eigenvalue weighted by molar-refractivity contribution is 5.51. The minimum atomic E-state index is -0.441. The molecule has 0 aliphatic rings. The molecule has 3 nitrogen and oxygen atoms in total. The highest BCUT2D eigenvalue weighted by Crippen LogP contribution is 2.35. The average Bonchev–Trinajstić information content (AvgIpc) is 2.15. The average molecular weight is 209 g/mol. The molecule has 0 heterocycles. The second kappa shape index (κ2) is 4.11. The van der Waals surface area contributed by atoms with Crippen LogP contribution in [0.4, 0.5) is 0 Å². The summed E-state index contributed by atoms with van der Waals surface area (Å²) in [5.74, 6) is 1.64. The molecular weight excluding hydrogens is 190 g/mol. The molecule has 3 heteroatoms. The lowest BCUT2D eigenvalue weighted by atomic mass is 9.90. The van der Waals surface area contributed by atoms with E-state index in [-0.39, 0.29) is 0 Å². The fourth-order valence-electron chi connectivity index (χ4n) is 1.86. The van der Waals surface area contributed by atoms with Crippen LogP contribution in [-0.4, -0.2) is 14.2 Å². The minimum Gasteiger partial charge on any atom is -0.496 e. The van der Waals surface area contributed by atoms with Gasteiger partial charge in [-0.25, -0.2) is 0 Å². The van der Waals surface area contributed by atoms with E-state index in [2.05, 4.69) is 0 Å². The normalized spacial score (nSPS) is 11.3. The highest BCUT2D eigenvalue weighted by atomic mass is 16.5. The van der Waals surface area contributed by atoms with E-state index in [1.165, 1.54) is 0 Å². The van der Waals surface area contributed by atoms with Gasteiger partial charge in [0, 0.05) is 11.1 Å². The van der Waals surface area contributed by atoms with E-state index in [9.17, 15) is 0 Å². The van der Waals surface area contributed by atoms with Crippen molar-refractivity contribution < 1.29 is 9.47 Å². The van der Waals surface area contributed by atoms with E-state index in [0.717, 1.165) is 22.6 Å². The lowest BCUT2D eigenvalue weighted by Gasteiger charge is -2.25. The van der Waals surface area contributed by atoms with Crippen molar-refractivity contribution in [2.75, 3.05) is 14.2 Å². The highest BCUT2D eigenvalue weighted by Gasteiger charge is 2.23. The van der Waals surface area contributed by atoms with E-state index >= 15 is 0 Å². The maximum atomic E-state index is 6.12. The summed E-state index contributed by atoms with van der Waals surface area (Å²) in [6, 6.07) is 3.78. The Balaban J connectivity index is 3.43. The van der Waals surface area contributed by atoms with Gasteiger partial charge in [0.05, 0.1) is 14.2 Å². The van der Waals surface area contributed by atoms with Crippen LogP contribution in [0.3, 0.4) is 0 Å². The molecule has 84 valence electrons. The van der Waals surface area contributed by atoms with Gasteiger partial charge in [0.25, 0.3) is 0 Å². The molecular formula is C12H19NO2. The first-order valence-corrected chi connectivity index (χ1v) is 4.92. The Morgan fingerprint density at radius 3 is 1.93 bits per heavy atom. The van der Waals surface area contributed by atoms with Crippen LogP contribution < -0.4 is 15.2 Å². The van der Waals surface area contributed by atoms with Crippen LogP contribution in [0.1, 0.15) is 25.0 Å². The first-order valence-electron chi connectivity index (χ1n) is 4.92. The van der Waals surface area contributed by atoms with Gasteiger partial charge < -0.3 is 15.2 Å². The van der Waals surface area contributed by atoms with Gasteiger partial charge in [-0.1, -0.05) is 0 Å². The molecule has 0 aliphatic carbocycles. The first-order chi connectivity index (χ1) is 6.91. The predicted octanol–water partition coefficient (Wildman–Crippen LogP) is 2.21. The van der Waals surface area contributed by atoms with Crippen molar-refractivity contribution in [2.24, 2.45) is 5.73 Å². The molecule has 1 aromatic rings. The van der Waals surface area contributed by atoms with Gasteiger partial charge in [0.15, 0.2) is 0 Å². The van der Waals surface area contributed by atoms with Gasteiger partial charge >= 0.3 is 0 Å². The summed E-state index contributed by atoms with van der Waals surface area (Å²) in [7, 11) is 3.30. The molecule has 0 amide bonds. The maximum Gasteiger partial charge on any atom is 0.124 e. The summed E-state index contributed by atoms with van der Waals surface area (Å²) >= 11 is 0. The smallest absolute Gasteiger partial charge is 0.124 e. The molecule has 0 unspecified atom stereocenters. The molecule has 2 N–H and O–H groups in total. The van der Waals surface area contributed by atoms with Gasteiger partial charge in [0.1, 0.15) is 11.5 Å². The fraction of sp³-hybridized carbons (Fsp3) is 0.500. The van der Waals surface area contributed by atoms with Gasteiger partial charge in [-0.05, 0) is 38.5 Å². The molecule has 0 aromatic heterocycles. The molecule has 0 bridgehead atoms. The molecule has 0 spiro atoms. The summed E-state index contributed by atoms with van der Waals surface area (Å²) in [6.45, 7) is 5.90. The van der Waals surface area contributed by atoms with Crippen LogP contribution in [0.2, 0.25) is 0 Å². The Kier molecular flexibility index (Phi) is 3.25. The van der Waals surface area contributed by atoms with Crippen LogP contribution in [0.15, 0.2) is 12.1 Å². The number of benzene rings is 1. The van der Waals surface area contributed by atoms with Crippen LogP contribution in [-0.2, 0) is 5.54 Å². The summed E-state index contributed by atoms with van der Waals surface area (Å²) in [5, 5.41) is 0. The fourth-order valence-corrected chi connectivity index (χ4v) is 1.86. The summed E-state index contributed by atoms with van der Waals surface area (Å²) in [5.41, 5.74) is 7.70. The quantitative estimate of drug-likeness (QED) is 0.830. The van der Waals surface area contributed by atoms with Crippen molar-refractivity contribution >= 4 is 0 Å². The number of hydrogen-bond acceptors (Lipinski definition) is 3. The number of nitrogens with two attached hydrogens (primary N) is 1. The van der Waals surface area contributed by atoms with Gasteiger partial charge in [-0.2, -0.15) is 0 Å². The lowest BCUT2D eigenvalue weighted by molar-refractivity contribution is 0.382. The SMILES string of the molecule is COc1ccc(OC)c(C(C)(C)N)c1C. The second-order valence-electron chi connectivity index (χ2n) is 4.19. The van der Waals surface area contributed by atoms with Crippen molar-refractivity contribution in [3.8, 4) is 11.5 Å². The lowest BCUT2D eigenvalue weighted by Crippen LogP contribution is -2.30. The molecule has 1 rings (SSSR count). The number of rotatable bonds is 3. The summed E-state index contributed by atoms with van der Waals surface area (Å²) < 4.78 is 10.6. The standard InChI is InChI=1S/C12H19NO2/c1-8-9(14-4)6-7-10(15-5)11(8)12(2,3)13/h6-7H,13H2,1-5H3. The van der Waals surface area contributed by atoms with Crippen LogP contribution in [0.5, 0.6) is 11.5 Å². The van der Waals surface area contributed by atoms with E-state index in [0.29, 0.717) is 0 Å². The van der Waals surface area contributed by atoms with E-state index in [1.807, 2.05) is 32.9 Å². The van der Waals surface area contributed by atoms with Gasteiger partial charge in [-0.15, -0.1) is 0 Å². The second-order valence-corrected chi connectivity index (χ2v) is 4.19. The van der Waals surface area contributed by atoms with E-state index in [1.54, 1.807) is 14.2 Å². The predicted molar refractivity (Wildman–Crippen MR) is 61.5 cm³/mol.